The molecule has 260 valence electrons. The number of rotatable bonds is 7. The Bertz CT molecular complexity index is 2650. The molecule has 0 aliphatic heterocycles. The van der Waals surface area contributed by atoms with E-state index >= 15 is 0 Å². The minimum Gasteiger partial charge on any atom is -0.309 e. The number of nitrogens with zero attached hydrogens (tertiary/aromatic N) is 2. The van der Waals surface area contributed by atoms with Gasteiger partial charge in [0.2, 0.25) is 0 Å². The van der Waals surface area contributed by atoms with Crippen LogP contribution in [0.3, 0.4) is 0 Å². The fourth-order valence-corrected chi connectivity index (χ4v) is 7.88. The summed E-state index contributed by atoms with van der Waals surface area (Å²) in [7, 11) is 0. The molecule has 0 fully saturated rings. The van der Waals surface area contributed by atoms with Crippen molar-refractivity contribution in [2.75, 3.05) is 4.90 Å². The molecule has 0 N–H and O–H groups in total. The first-order valence-electron chi connectivity index (χ1n) is 18.8. The molecule has 1 heterocycles. The second-order valence-electron chi connectivity index (χ2n) is 15.0. The van der Waals surface area contributed by atoms with Gasteiger partial charge in [0.25, 0.3) is 0 Å². The second kappa shape index (κ2) is 13.7. The predicted molar refractivity (Wildman–Crippen MR) is 230 cm³/mol. The van der Waals surface area contributed by atoms with Crippen molar-refractivity contribution < 1.29 is 0 Å². The normalized spacial score (nSPS) is 11.6. The molecule has 0 saturated carbocycles. The Labute approximate surface area is 318 Å². The van der Waals surface area contributed by atoms with Crippen LogP contribution < -0.4 is 4.90 Å². The quantitative estimate of drug-likeness (QED) is 0.161. The lowest BCUT2D eigenvalue weighted by atomic mass is 9.86. The third-order valence-electron chi connectivity index (χ3n) is 10.6. The van der Waals surface area contributed by atoms with Crippen LogP contribution in [0.2, 0.25) is 0 Å². The number of aromatic nitrogens is 1. The average Bonchev–Trinajstić information content (AvgIpc) is 3.55. The van der Waals surface area contributed by atoms with Gasteiger partial charge in [-0.3, -0.25) is 0 Å². The molecule has 54 heavy (non-hydrogen) atoms. The number of benzene rings is 8. The van der Waals surface area contributed by atoms with Gasteiger partial charge >= 0.3 is 0 Å². The molecule has 0 amide bonds. The highest BCUT2D eigenvalue weighted by Crippen LogP contribution is 2.48. The number of hydrogen-bond acceptors (Lipinski definition) is 1. The molecular formula is C52H42N2. The van der Waals surface area contributed by atoms with Gasteiger partial charge in [-0.15, -0.1) is 0 Å². The summed E-state index contributed by atoms with van der Waals surface area (Å²) in [6.45, 7) is 6.88. The smallest absolute Gasteiger partial charge is 0.0541 e. The third-order valence-corrected chi connectivity index (χ3v) is 10.6. The zero-order chi connectivity index (χ0) is 36.6. The van der Waals surface area contributed by atoms with Gasteiger partial charge in [-0.2, -0.15) is 0 Å². The molecule has 0 bridgehead atoms. The lowest BCUT2D eigenvalue weighted by Crippen LogP contribution is -2.13. The maximum atomic E-state index is 2.47. The zero-order valence-corrected chi connectivity index (χ0v) is 30.9. The molecular weight excluding hydrogens is 653 g/mol. The highest BCUT2D eigenvalue weighted by molar-refractivity contribution is 6.11. The predicted octanol–water partition coefficient (Wildman–Crippen LogP) is 14.6. The minimum absolute atomic E-state index is 0.0262. The van der Waals surface area contributed by atoms with Crippen LogP contribution in [0.4, 0.5) is 17.1 Å². The molecule has 0 aliphatic rings. The van der Waals surface area contributed by atoms with Crippen molar-refractivity contribution in [2.45, 2.75) is 26.2 Å². The highest BCUT2D eigenvalue weighted by Gasteiger charge is 2.24. The van der Waals surface area contributed by atoms with Crippen molar-refractivity contribution in [1.29, 1.82) is 0 Å². The van der Waals surface area contributed by atoms with Gasteiger partial charge in [-0.05, 0) is 82.3 Å². The zero-order valence-electron chi connectivity index (χ0n) is 30.9. The van der Waals surface area contributed by atoms with Gasteiger partial charge < -0.3 is 9.47 Å². The van der Waals surface area contributed by atoms with Crippen LogP contribution in [0, 0.1) is 0 Å². The van der Waals surface area contributed by atoms with Crippen molar-refractivity contribution >= 4 is 38.9 Å². The van der Waals surface area contributed by atoms with E-state index in [1.54, 1.807) is 0 Å². The Hall–Kier alpha value is -6.64. The lowest BCUT2D eigenvalue weighted by molar-refractivity contribution is 0.591. The van der Waals surface area contributed by atoms with Gasteiger partial charge in [0.15, 0.2) is 0 Å². The third kappa shape index (κ3) is 5.96. The van der Waals surface area contributed by atoms with E-state index in [4.69, 9.17) is 0 Å². The van der Waals surface area contributed by atoms with E-state index < -0.39 is 0 Å². The van der Waals surface area contributed by atoms with Crippen molar-refractivity contribution in [1.82, 2.24) is 4.57 Å². The summed E-state index contributed by atoms with van der Waals surface area (Å²) in [5.74, 6) is 0. The molecule has 1 aromatic heterocycles. The fourth-order valence-electron chi connectivity index (χ4n) is 7.88. The summed E-state index contributed by atoms with van der Waals surface area (Å²) >= 11 is 0. The van der Waals surface area contributed by atoms with Crippen LogP contribution in [0.5, 0.6) is 0 Å². The average molecular weight is 695 g/mol. The molecule has 0 atom stereocenters. The molecule has 2 nitrogen and oxygen atoms in total. The Kier molecular flexibility index (Phi) is 8.44. The van der Waals surface area contributed by atoms with Crippen LogP contribution in [-0.2, 0) is 5.41 Å². The molecule has 0 radical (unpaired) electrons. The lowest BCUT2D eigenvalue weighted by Gasteiger charge is -2.31. The number of hydrogen-bond donors (Lipinski definition) is 0. The summed E-state index contributed by atoms with van der Waals surface area (Å²) in [5, 5.41) is 2.51. The van der Waals surface area contributed by atoms with E-state index in [0.29, 0.717) is 0 Å². The van der Waals surface area contributed by atoms with Crippen molar-refractivity contribution in [3.05, 3.63) is 206 Å². The summed E-state index contributed by atoms with van der Waals surface area (Å²) < 4.78 is 2.41. The first kappa shape index (κ1) is 33.2. The maximum Gasteiger partial charge on any atom is 0.0541 e. The van der Waals surface area contributed by atoms with Gasteiger partial charge in [0, 0.05) is 33.2 Å². The van der Waals surface area contributed by atoms with Gasteiger partial charge in [-0.25, -0.2) is 0 Å². The van der Waals surface area contributed by atoms with E-state index in [1.165, 1.54) is 55.2 Å². The summed E-state index contributed by atoms with van der Waals surface area (Å²) in [6, 6.07) is 72.7. The molecule has 9 aromatic rings. The molecule has 2 heteroatoms. The Balaban J connectivity index is 1.31. The fraction of sp³-hybridized carbons (Fsp3) is 0.0769. The topological polar surface area (TPSA) is 8.17 Å². The van der Waals surface area contributed by atoms with Crippen molar-refractivity contribution in [2.24, 2.45) is 0 Å². The number of anilines is 3. The number of para-hydroxylation sites is 4. The SMILES string of the molecule is CC(C)(C)c1ccc2c(c1)c1cc(-c3ccccc3N(c3ccccc3-c3ccccc3)c3ccccc3-c3ccccc3)ccc1n2-c1ccccc1. The summed E-state index contributed by atoms with van der Waals surface area (Å²) in [5.41, 5.74) is 15.3. The summed E-state index contributed by atoms with van der Waals surface area (Å²) in [6.07, 6.45) is 0. The van der Waals surface area contributed by atoms with Gasteiger partial charge in [0.1, 0.15) is 0 Å². The molecule has 8 aromatic carbocycles. The molecule has 0 unspecified atom stereocenters. The van der Waals surface area contributed by atoms with Crippen LogP contribution in [0.1, 0.15) is 26.3 Å². The Morgan fingerprint density at radius 2 is 0.778 bits per heavy atom. The van der Waals surface area contributed by atoms with E-state index in [-0.39, 0.29) is 5.41 Å². The van der Waals surface area contributed by atoms with Crippen molar-refractivity contribution in [3.8, 4) is 39.1 Å². The van der Waals surface area contributed by atoms with Gasteiger partial charge in [0.05, 0.1) is 28.1 Å². The second-order valence-corrected chi connectivity index (χ2v) is 15.0. The summed E-state index contributed by atoms with van der Waals surface area (Å²) in [4.78, 5) is 2.47. The standard InChI is InChI=1S/C52H42N2/c1-52(2,3)40-32-34-51-46(36-40)45-35-39(31-33-50(45)53(51)41-23-11-6-12-24-41)44-27-15-18-30-49(44)54(47-28-16-13-25-42(47)37-19-7-4-8-20-37)48-29-17-14-26-43(48)38-21-9-5-10-22-38/h4-36H,1-3H3. The highest BCUT2D eigenvalue weighted by atomic mass is 15.1. The monoisotopic (exact) mass is 694 g/mol. The Morgan fingerprint density at radius 3 is 1.28 bits per heavy atom. The first-order valence-corrected chi connectivity index (χ1v) is 18.8. The van der Waals surface area contributed by atoms with Crippen molar-refractivity contribution in [3.63, 3.8) is 0 Å². The van der Waals surface area contributed by atoms with Crippen LogP contribution in [0.15, 0.2) is 200 Å². The molecule has 0 aliphatic carbocycles. The van der Waals surface area contributed by atoms with Crippen LogP contribution >= 0.6 is 0 Å². The first-order chi connectivity index (χ1) is 26.5. The molecule has 0 saturated heterocycles. The van der Waals surface area contributed by atoms with Crippen LogP contribution in [0.25, 0.3) is 60.9 Å². The Morgan fingerprint density at radius 1 is 0.370 bits per heavy atom. The van der Waals surface area contributed by atoms with E-state index in [9.17, 15) is 0 Å². The largest absolute Gasteiger partial charge is 0.309 e. The minimum atomic E-state index is 0.0262. The van der Waals surface area contributed by atoms with E-state index in [0.717, 1.165) is 28.3 Å². The van der Waals surface area contributed by atoms with E-state index in [1.807, 2.05) is 0 Å². The molecule has 9 rings (SSSR count). The van der Waals surface area contributed by atoms with Crippen LogP contribution in [-0.4, -0.2) is 4.57 Å². The molecule has 0 spiro atoms. The van der Waals surface area contributed by atoms with Gasteiger partial charge in [-0.1, -0.05) is 166 Å². The van der Waals surface area contributed by atoms with E-state index in [2.05, 4.69) is 230 Å². The number of fused-ring (bicyclic) bond motifs is 3. The maximum absolute atomic E-state index is 2.47.